The first-order chi connectivity index (χ1) is 3.80. The Morgan fingerprint density at radius 3 is 2.62 bits per heavy atom. The molecule has 1 N–H and O–H groups in total. The van der Waals surface area contributed by atoms with Gasteiger partial charge in [0.15, 0.2) is 0 Å². The number of nitrogens with one attached hydrogen (secondary N) is 1. The summed E-state index contributed by atoms with van der Waals surface area (Å²) >= 11 is 4.11. The Labute approximate surface area is 54.9 Å². The van der Waals surface area contributed by atoms with Crippen LogP contribution in [0.1, 0.15) is 19.3 Å². The van der Waals surface area contributed by atoms with Crippen molar-refractivity contribution in [2.45, 2.75) is 24.6 Å². The van der Waals surface area contributed by atoms with Gasteiger partial charge in [-0.1, -0.05) is 0 Å². The van der Waals surface area contributed by atoms with Gasteiger partial charge < -0.3 is 10.3 Å². The Kier molecular flexibility index (Phi) is 2.16. The van der Waals surface area contributed by atoms with Crippen LogP contribution in [0.2, 0.25) is 0 Å². The molecule has 8 heavy (non-hydrogen) atoms. The molecule has 2 unspecified atom stereocenters. The largest absolute Gasteiger partial charge is 0.633 e. The summed E-state index contributed by atoms with van der Waals surface area (Å²) in [6, 6.07) is 0. The van der Waals surface area contributed by atoms with Crippen LogP contribution in [-0.4, -0.2) is 11.9 Å². The van der Waals surface area contributed by atoms with Crippen molar-refractivity contribution >= 4 is 12.6 Å². The Morgan fingerprint density at radius 2 is 2.25 bits per heavy atom. The SMILES string of the molecule is [O-][NH+]1CCCCC1S. The van der Waals surface area contributed by atoms with Crippen LogP contribution in [0.3, 0.4) is 0 Å². The van der Waals surface area contributed by atoms with E-state index in [9.17, 15) is 5.21 Å². The molecular weight excluding hydrogens is 122 g/mol. The van der Waals surface area contributed by atoms with Gasteiger partial charge in [-0.25, -0.2) is 0 Å². The van der Waals surface area contributed by atoms with Crippen LogP contribution in [0.5, 0.6) is 0 Å². The molecule has 0 aliphatic carbocycles. The van der Waals surface area contributed by atoms with Gasteiger partial charge in [0, 0.05) is 6.42 Å². The molecule has 48 valence electrons. The van der Waals surface area contributed by atoms with Crippen molar-refractivity contribution in [3.05, 3.63) is 5.21 Å². The Bertz CT molecular complexity index is 68.8. The molecule has 0 aromatic rings. The molecular formula is C5H11NOS. The van der Waals surface area contributed by atoms with E-state index in [4.69, 9.17) is 0 Å². The van der Waals surface area contributed by atoms with Gasteiger partial charge in [0.2, 0.25) is 0 Å². The summed E-state index contributed by atoms with van der Waals surface area (Å²) in [6.07, 6.45) is 3.25. The molecule has 0 amide bonds. The van der Waals surface area contributed by atoms with Gasteiger partial charge >= 0.3 is 0 Å². The summed E-state index contributed by atoms with van der Waals surface area (Å²) < 4.78 is 0. The normalized spacial score (nSPS) is 39.8. The molecule has 1 aliphatic rings. The lowest BCUT2D eigenvalue weighted by Crippen LogP contribution is -3.11. The summed E-state index contributed by atoms with van der Waals surface area (Å²) in [4.78, 5) is 0. The van der Waals surface area contributed by atoms with Gasteiger partial charge in [-0.05, 0) is 12.8 Å². The third-order valence-corrected chi connectivity index (χ3v) is 2.07. The first kappa shape index (κ1) is 6.39. The summed E-state index contributed by atoms with van der Waals surface area (Å²) in [6.45, 7) is 0.758. The summed E-state index contributed by atoms with van der Waals surface area (Å²) in [7, 11) is 0. The molecule has 2 nitrogen and oxygen atoms in total. The monoisotopic (exact) mass is 133 g/mol. The maximum absolute atomic E-state index is 10.7. The number of hydrogen-bond acceptors (Lipinski definition) is 2. The van der Waals surface area contributed by atoms with Crippen molar-refractivity contribution in [2.24, 2.45) is 0 Å². The lowest BCUT2D eigenvalue weighted by atomic mass is 10.2. The molecule has 0 aromatic heterocycles. The van der Waals surface area contributed by atoms with E-state index in [1.807, 2.05) is 0 Å². The second-order valence-corrected chi connectivity index (χ2v) is 2.85. The van der Waals surface area contributed by atoms with Crippen molar-refractivity contribution in [2.75, 3.05) is 6.54 Å². The van der Waals surface area contributed by atoms with E-state index >= 15 is 0 Å². The number of rotatable bonds is 0. The van der Waals surface area contributed by atoms with Crippen molar-refractivity contribution in [3.8, 4) is 0 Å². The third-order valence-electron chi connectivity index (χ3n) is 1.52. The molecule has 0 aromatic carbocycles. The second-order valence-electron chi connectivity index (χ2n) is 2.23. The van der Waals surface area contributed by atoms with Gasteiger partial charge in [0.1, 0.15) is 5.37 Å². The second kappa shape index (κ2) is 2.71. The van der Waals surface area contributed by atoms with Crippen molar-refractivity contribution in [3.63, 3.8) is 0 Å². The molecule has 1 rings (SSSR count). The lowest BCUT2D eigenvalue weighted by Gasteiger charge is -2.31. The van der Waals surface area contributed by atoms with Gasteiger partial charge in [0.05, 0.1) is 6.54 Å². The minimum absolute atomic E-state index is 0.0590. The lowest BCUT2D eigenvalue weighted by molar-refractivity contribution is -0.864. The zero-order chi connectivity index (χ0) is 5.98. The molecule has 1 aliphatic heterocycles. The van der Waals surface area contributed by atoms with E-state index in [2.05, 4.69) is 12.6 Å². The van der Waals surface area contributed by atoms with Crippen LogP contribution < -0.4 is 5.06 Å². The standard InChI is InChI=1S/C5H11NOS/c7-6-4-2-1-3-5(6)8/h5-6,8H,1-4H2. The maximum Gasteiger partial charge on any atom is 0.131 e. The molecule has 2 atom stereocenters. The predicted molar refractivity (Wildman–Crippen MR) is 35.8 cm³/mol. The van der Waals surface area contributed by atoms with Gasteiger partial charge in [0.25, 0.3) is 0 Å². The molecule has 1 heterocycles. The maximum atomic E-state index is 10.7. The van der Waals surface area contributed by atoms with Crippen LogP contribution in [-0.2, 0) is 0 Å². The first-order valence-corrected chi connectivity index (χ1v) is 3.53. The highest BCUT2D eigenvalue weighted by Gasteiger charge is 2.14. The number of thiol groups is 1. The summed E-state index contributed by atoms with van der Waals surface area (Å²) in [5, 5.41) is 11.1. The van der Waals surface area contributed by atoms with Gasteiger partial charge in [-0.2, -0.15) is 0 Å². The van der Waals surface area contributed by atoms with E-state index in [1.165, 1.54) is 6.42 Å². The molecule has 0 spiro atoms. The van der Waals surface area contributed by atoms with Crippen molar-refractivity contribution in [1.82, 2.24) is 0 Å². The van der Waals surface area contributed by atoms with Crippen LogP contribution in [0.25, 0.3) is 0 Å². The predicted octanol–water partition coefficient (Wildman–Crippen LogP) is -0.191. The zero-order valence-corrected chi connectivity index (χ0v) is 5.66. The molecule has 0 bridgehead atoms. The molecule has 0 radical (unpaired) electrons. The van der Waals surface area contributed by atoms with E-state index in [0.717, 1.165) is 19.4 Å². The highest BCUT2D eigenvalue weighted by molar-refractivity contribution is 7.80. The summed E-state index contributed by atoms with van der Waals surface area (Å²) in [5.74, 6) is 0. The van der Waals surface area contributed by atoms with Crippen molar-refractivity contribution in [1.29, 1.82) is 0 Å². The number of piperidine rings is 1. The smallest absolute Gasteiger partial charge is 0.131 e. The highest BCUT2D eigenvalue weighted by Crippen LogP contribution is 2.04. The quantitative estimate of drug-likeness (QED) is 0.348. The van der Waals surface area contributed by atoms with E-state index < -0.39 is 0 Å². The van der Waals surface area contributed by atoms with E-state index in [-0.39, 0.29) is 5.37 Å². The number of hydrogen-bond donors (Lipinski definition) is 2. The van der Waals surface area contributed by atoms with Gasteiger partial charge in [-0.3, -0.25) is 0 Å². The third kappa shape index (κ3) is 1.37. The van der Waals surface area contributed by atoms with Crippen LogP contribution in [0.15, 0.2) is 0 Å². The fourth-order valence-electron chi connectivity index (χ4n) is 0.965. The average Bonchev–Trinajstić information content (AvgIpc) is 1.77. The minimum Gasteiger partial charge on any atom is -0.633 e. The van der Waals surface area contributed by atoms with Crippen LogP contribution in [0, 0.1) is 5.21 Å². The topological polar surface area (TPSA) is 27.5 Å². The zero-order valence-electron chi connectivity index (χ0n) is 4.76. The average molecular weight is 133 g/mol. The molecule has 3 heteroatoms. The van der Waals surface area contributed by atoms with E-state index in [1.54, 1.807) is 0 Å². The van der Waals surface area contributed by atoms with Crippen molar-refractivity contribution < 1.29 is 5.06 Å². The molecule has 1 saturated heterocycles. The van der Waals surface area contributed by atoms with E-state index in [0.29, 0.717) is 5.06 Å². The minimum atomic E-state index is 0.0590. The fourth-order valence-corrected chi connectivity index (χ4v) is 1.28. The molecule has 1 fully saturated rings. The Balaban J connectivity index is 2.28. The molecule has 0 saturated carbocycles. The Morgan fingerprint density at radius 1 is 1.50 bits per heavy atom. The fraction of sp³-hybridized carbons (Fsp3) is 1.00. The van der Waals surface area contributed by atoms with Gasteiger partial charge in [-0.15, -0.1) is 12.6 Å². The number of quaternary nitrogens is 1. The van der Waals surface area contributed by atoms with Crippen LogP contribution >= 0.6 is 12.6 Å². The Hall–Kier alpha value is 0.270. The summed E-state index contributed by atoms with van der Waals surface area (Å²) in [5.41, 5.74) is 0. The van der Waals surface area contributed by atoms with Crippen LogP contribution in [0.4, 0.5) is 0 Å². The highest BCUT2D eigenvalue weighted by atomic mass is 32.1. The number of hydroxylamine groups is 2. The first-order valence-electron chi connectivity index (χ1n) is 3.01.